The maximum Gasteiger partial charge on any atom is 0.338 e. The Kier molecular flexibility index (Phi) is 6.21. The van der Waals surface area contributed by atoms with Crippen molar-refractivity contribution < 1.29 is 23.9 Å². The van der Waals surface area contributed by atoms with Crippen molar-refractivity contribution >= 4 is 68.4 Å². The topological polar surface area (TPSA) is 80.8 Å². The van der Waals surface area contributed by atoms with Crippen molar-refractivity contribution in [3.63, 3.8) is 0 Å². The fraction of sp³-hybridized carbons (Fsp3) is 0.152. The first-order chi connectivity index (χ1) is 20.2. The number of alkyl halides is 2. The highest BCUT2D eigenvalue weighted by atomic mass is 79.9. The minimum atomic E-state index is -1.31. The van der Waals surface area contributed by atoms with Crippen molar-refractivity contribution in [2.45, 2.75) is 9.75 Å². The standard InChI is InChI=1S/C33H20BrCl2NO5/c34-20-14-12-18(13-15-20)26(38)17-42-31(41)19-6-5-7-21(16-19)37-29(39)27-28(30(37)40)33(36)23-9-2-1-8-22(23)32(27,35)24-10-3-4-11-25(24)33/h1-16,27-28H,17H2/t27-,28-,32?,33?/m1/s1. The first-order valence-electron chi connectivity index (χ1n) is 13.2. The second-order valence-electron chi connectivity index (χ2n) is 10.5. The number of anilines is 1. The van der Waals surface area contributed by atoms with E-state index in [1.165, 1.54) is 12.1 Å². The second kappa shape index (κ2) is 9.63. The Morgan fingerprint density at radius 1 is 0.714 bits per heavy atom. The van der Waals surface area contributed by atoms with Gasteiger partial charge in [-0.2, -0.15) is 0 Å². The zero-order valence-electron chi connectivity index (χ0n) is 21.7. The van der Waals surface area contributed by atoms with E-state index in [-0.39, 0.29) is 17.0 Å². The van der Waals surface area contributed by atoms with Crippen molar-refractivity contribution in [1.29, 1.82) is 0 Å². The number of esters is 1. The molecule has 2 amide bonds. The summed E-state index contributed by atoms with van der Waals surface area (Å²) in [5.74, 6) is -4.05. The van der Waals surface area contributed by atoms with Gasteiger partial charge in [0.25, 0.3) is 0 Å². The Labute approximate surface area is 259 Å². The molecular weight excluding hydrogens is 641 g/mol. The molecule has 3 aliphatic carbocycles. The summed E-state index contributed by atoms with van der Waals surface area (Å²) in [7, 11) is 0. The molecule has 0 radical (unpaired) electrons. The molecule has 4 aromatic rings. The van der Waals surface area contributed by atoms with Gasteiger partial charge < -0.3 is 4.74 Å². The maximum absolute atomic E-state index is 14.2. The van der Waals surface area contributed by atoms with Crippen molar-refractivity contribution in [3.8, 4) is 0 Å². The molecule has 2 atom stereocenters. The quantitative estimate of drug-likeness (QED) is 0.105. The van der Waals surface area contributed by atoms with Gasteiger partial charge in [0, 0.05) is 10.0 Å². The number of ketones is 1. The van der Waals surface area contributed by atoms with E-state index < -0.39 is 46.0 Å². The number of benzene rings is 4. The minimum absolute atomic E-state index is 0.0855. The number of carbonyl (C=O) groups excluding carboxylic acids is 4. The normalized spacial score (nSPS) is 25.1. The third kappa shape index (κ3) is 3.63. The van der Waals surface area contributed by atoms with E-state index in [9.17, 15) is 19.2 Å². The number of Topliss-reactive ketones (excluding diaryl/α,β-unsaturated/α-hetero) is 1. The molecular formula is C33H20BrCl2NO5. The summed E-state index contributed by atoms with van der Waals surface area (Å²) in [5, 5.41) is 0. The molecule has 208 valence electrons. The monoisotopic (exact) mass is 659 g/mol. The Balaban J connectivity index is 1.22. The zero-order chi connectivity index (χ0) is 29.4. The first kappa shape index (κ1) is 27.1. The van der Waals surface area contributed by atoms with Crippen molar-refractivity contribution in [2.24, 2.45) is 11.8 Å². The molecule has 2 bridgehead atoms. The average Bonchev–Trinajstić information content (AvgIpc) is 3.29. The van der Waals surface area contributed by atoms with Crippen molar-refractivity contribution in [3.05, 3.63) is 135 Å². The van der Waals surface area contributed by atoms with Crippen LogP contribution in [-0.2, 0) is 24.1 Å². The van der Waals surface area contributed by atoms with Crippen LogP contribution in [0.2, 0.25) is 0 Å². The Morgan fingerprint density at radius 3 is 1.71 bits per heavy atom. The fourth-order valence-electron chi connectivity index (χ4n) is 6.63. The molecule has 9 heteroatoms. The molecule has 0 unspecified atom stereocenters. The van der Waals surface area contributed by atoms with E-state index >= 15 is 0 Å². The molecule has 4 aromatic carbocycles. The molecule has 6 nitrogen and oxygen atoms in total. The number of rotatable bonds is 5. The van der Waals surface area contributed by atoms with E-state index in [2.05, 4.69) is 15.9 Å². The summed E-state index contributed by atoms with van der Waals surface area (Å²) in [4.78, 5) is 52.2. The van der Waals surface area contributed by atoms with Crippen molar-refractivity contribution in [1.82, 2.24) is 0 Å². The minimum Gasteiger partial charge on any atom is -0.454 e. The summed E-state index contributed by atoms with van der Waals surface area (Å²) in [5.41, 5.74) is 3.50. The van der Waals surface area contributed by atoms with Crippen LogP contribution in [0.5, 0.6) is 0 Å². The lowest BCUT2D eigenvalue weighted by molar-refractivity contribution is -0.122. The van der Waals surface area contributed by atoms with E-state index in [1.54, 1.807) is 36.4 Å². The molecule has 1 saturated heterocycles. The first-order valence-corrected chi connectivity index (χ1v) is 14.7. The van der Waals surface area contributed by atoms with Gasteiger partial charge in [-0.1, -0.05) is 82.7 Å². The van der Waals surface area contributed by atoms with Gasteiger partial charge >= 0.3 is 5.97 Å². The highest BCUT2D eigenvalue weighted by molar-refractivity contribution is 9.10. The molecule has 0 spiro atoms. The van der Waals surface area contributed by atoms with Gasteiger partial charge in [-0.25, -0.2) is 9.69 Å². The summed E-state index contributed by atoms with van der Waals surface area (Å²) < 4.78 is 6.09. The number of imide groups is 1. The number of halogens is 3. The molecule has 8 rings (SSSR count). The Hall–Kier alpha value is -3.78. The third-order valence-electron chi connectivity index (χ3n) is 8.43. The van der Waals surface area contributed by atoms with Gasteiger partial charge in [0.05, 0.1) is 23.1 Å². The van der Waals surface area contributed by atoms with Crippen LogP contribution < -0.4 is 4.90 Å². The van der Waals surface area contributed by atoms with Gasteiger partial charge in [0.15, 0.2) is 12.4 Å². The summed E-state index contributed by atoms with van der Waals surface area (Å²) >= 11 is 18.3. The predicted molar refractivity (Wildman–Crippen MR) is 161 cm³/mol. The zero-order valence-corrected chi connectivity index (χ0v) is 24.8. The number of hydrogen-bond donors (Lipinski definition) is 0. The van der Waals surface area contributed by atoms with Gasteiger partial charge in [-0.3, -0.25) is 14.4 Å². The molecule has 0 N–H and O–H groups in total. The molecule has 1 heterocycles. The van der Waals surface area contributed by atoms with E-state index in [1.807, 2.05) is 48.5 Å². The van der Waals surface area contributed by atoms with Gasteiger partial charge in [-0.15, -0.1) is 23.2 Å². The van der Waals surface area contributed by atoms with Crippen LogP contribution in [-0.4, -0.2) is 30.2 Å². The smallest absolute Gasteiger partial charge is 0.338 e. The van der Waals surface area contributed by atoms with Gasteiger partial charge in [0.1, 0.15) is 9.75 Å². The predicted octanol–water partition coefficient (Wildman–Crippen LogP) is 6.59. The highest BCUT2D eigenvalue weighted by Crippen LogP contribution is 2.69. The SMILES string of the molecule is O=C(COC(=O)c1cccc(N2C(=O)[C@H]3[C@H](C2=O)C2(Cl)c4ccccc4C3(Cl)c3ccccc32)c1)c1ccc(Br)cc1. The number of hydrogen-bond acceptors (Lipinski definition) is 5. The van der Waals surface area contributed by atoms with Crippen molar-refractivity contribution in [2.75, 3.05) is 11.5 Å². The molecule has 0 aromatic heterocycles. The summed E-state index contributed by atoms with van der Waals surface area (Å²) in [6.07, 6.45) is 0. The molecule has 1 aliphatic heterocycles. The van der Waals surface area contributed by atoms with E-state index in [4.69, 9.17) is 27.9 Å². The lowest BCUT2D eigenvalue weighted by atomic mass is 9.54. The number of nitrogens with zero attached hydrogens (tertiary/aromatic N) is 1. The van der Waals surface area contributed by atoms with Gasteiger partial charge in [0.2, 0.25) is 11.8 Å². The maximum atomic E-state index is 14.2. The average molecular weight is 661 g/mol. The van der Waals surface area contributed by atoms with Crippen LogP contribution >= 0.6 is 39.1 Å². The Bertz CT molecular complexity index is 1720. The largest absolute Gasteiger partial charge is 0.454 e. The number of carbonyl (C=O) groups is 4. The van der Waals surface area contributed by atoms with E-state index in [0.717, 1.165) is 9.37 Å². The van der Waals surface area contributed by atoms with Crippen LogP contribution in [0.25, 0.3) is 0 Å². The fourth-order valence-corrected chi connectivity index (χ4v) is 7.99. The van der Waals surface area contributed by atoms with Crippen LogP contribution in [0.1, 0.15) is 43.0 Å². The van der Waals surface area contributed by atoms with E-state index in [0.29, 0.717) is 27.8 Å². The highest BCUT2D eigenvalue weighted by Gasteiger charge is 2.73. The van der Waals surface area contributed by atoms with Crippen LogP contribution in [0.3, 0.4) is 0 Å². The lowest BCUT2D eigenvalue weighted by Gasteiger charge is -2.54. The van der Waals surface area contributed by atoms with Crippen LogP contribution in [0.4, 0.5) is 5.69 Å². The second-order valence-corrected chi connectivity index (χ2v) is 12.6. The third-order valence-corrected chi connectivity index (χ3v) is 10.2. The lowest BCUT2D eigenvalue weighted by Crippen LogP contribution is -2.57. The summed E-state index contributed by atoms with van der Waals surface area (Å²) in [6, 6.07) is 27.5. The molecule has 42 heavy (non-hydrogen) atoms. The van der Waals surface area contributed by atoms with Gasteiger partial charge in [-0.05, 0) is 52.6 Å². The summed E-state index contributed by atoms with van der Waals surface area (Å²) in [6.45, 7) is -0.462. The molecule has 0 saturated carbocycles. The van der Waals surface area contributed by atoms with Crippen LogP contribution in [0, 0.1) is 11.8 Å². The Morgan fingerprint density at radius 2 is 1.21 bits per heavy atom. The number of ether oxygens (including phenoxy) is 1. The number of amides is 2. The molecule has 4 aliphatic rings. The molecule has 1 fully saturated rings. The van der Waals surface area contributed by atoms with Crippen LogP contribution in [0.15, 0.2) is 102 Å².